The Hall–Kier alpha value is -2.99. The molecule has 3 aromatic rings. The standard InChI is InChI=1S/C22H24N4O2/c1-16(25-11-10-17-6-2-3-7-18(17)14-25)12-23-22(28)15-26-20-9-5-4-8-19(20)21(27)13-24-26/h2-9,13,16H,10-12,14-15H2,1H3,(H,23,28). The van der Waals surface area contributed by atoms with Gasteiger partial charge in [-0.1, -0.05) is 36.4 Å². The number of amides is 1. The van der Waals surface area contributed by atoms with Gasteiger partial charge in [0.1, 0.15) is 6.54 Å². The summed E-state index contributed by atoms with van der Waals surface area (Å²) in [5.74, 6) is -0.106. The van der Waals surface area contributed by atoms with Gasteiger partial charge in [0.2, 0.25) is 11.3 Å². The van der Waals surface area contributed by atoms with Gasteiger partial charge in [0.05, 0.1) is 11.7 Å². The number of hydrogen-bond acceptors (Lipinski definition) is 4. The minimum Gasteiger partial charge on any atom is -0.353 e. The summed E-state index contributed by atoms with van der Waals surface area (Å²) in [6.45, 7) is 4.73. The molecule has 2 aromatic carbocycles. The normalized spacial score (nSPS) is 15.2. The smallest absolute Gasteiger partial charge is 0.241 e. The first-order valence-corrected chi connectivity index (χ1v) is 9.64. The van der Waals surface area contributed by atoms with Gasteiger partial charge in [-0.2, -0.15) is 5.10 Å². The molecule has 1 aliphatic rings. The number of benzene rings is 2. The lowest BCUT2D eigenvalue weighted by Crippen LogP contribution is -2.45. The lowest BCUT2D eigenvalue weighted by atomic mass is 9.99. The highest BCUT2D eigenvalue weighted by molar-refractivity contribution is 5.81. The van der Waals surface area contributed by atoms with E-state index in [-0.39, 0.29) is 23.9 Å². The largest absolute Gasteiger partial charge is 0.353 e. The minimum absolute atomic E-state index is 0.0936. The molecular formula is C22H24N4O2. The van der Waals surface area contributed by atoms with Crippen LogP contribution in [0.5, 0.6) is 0 Å². The van der Waals surface area contributed by atoms with E-state index in [0.29, 0.717) is 17.4 Å². The first kappa shape index (κ1) is 18.4. The van der Waals surface area contributed by atoms with Crippen LogP contribution in [0.2, 0.25) is 0 Å². The van der Waals surface area contributed by atoms with Crippen molar-refractivity contribution >= 4 is 16.8 Å². The van der Waals surface area contributed by atoms with Crippen LogP contribution in [-0.2, 0) is 24.3 Å². The molecule has 0 bridgehead atoms. The highest BCUT2D eigenvalue weighted by atomic mass is 16.2. The monoisotopic (exact) mass is 376 g/mol. The summed E-state index contributed by atoms with van der Waals surface area (Å²) in [4.78, 5) is 26.8. The van der Waals surface area contributed by atoms with Crippen molar-refractivity contribution in [1.82, 2.24) is 20.0 Å². The number of para-hydroxylation sites is 1. The maximum atomic E-state index is 12.5. The van der Waals surface area contributed by atoms with Crippen molar-refractivity contribution in [1.29, 1.82) is 0 Å². The Bertz CT molecular complexity index is 1060. The molecule has 0 radical (unpaired) electrons. The number of nitrogens with one attached hydrogen (secondary N) is 1. The zero-order chi connectivity index (χ0) is 19.5. The van der Waals surface area contributed by atoms with E-state index in [1.54, 1.807) is 10.7 Å². The highest BCUT2D eigenvalue weighted by Gasteiger charge is 2.20. The fourth-order valence-electron chi connectivity index (χ4n) is 3.76. The van der Waals surface area contributed by atoms with Crippen LogP contribution < -0.4 is 10.7 Å². The molecule has 4 rings (SSSR count). The van der Waals surface area contributed by atoms with Crippen molar-refractivity contribution in [3.8, 4) is 0 Å². The van der Waals surface area contributed by atoms with Gasteiger partial charge < -0.3 is 5.32 Å². The number of fused-ring (bicyclic) bond motifs is 2. The van der Waals surface area contributed by atoms with Crippen LogP contribution in [0, 0.1) is 0 Å². The van der Waals surface area contributed by atoms with Crippen LogP contribution >= 0.6 is 0 Å². The molecule has 0 saturated heterocycles. The summed E-state index contributed by atoms with van der Waals surface area (Å²) in [6, 6.07) is 16.0. The predicted molar refractivity (Wildman–Crippen MR) is 109 cm³/mol. The summed E-state index contributed by atoms with van der Waals surface area (Å²) < 4.78 is 1.58. The zero-order valence-electron chi connectivity index (χ0n) is 16.0. The average molecular weight is 376 g/mol. The summed E-state index contributed by atoms with van der Waals surface area (Å²) in [6.07, 6.45) is 2.31. The number of carbonyl (C=O) groups is 1. The van der Waals surface area contributed by atoms with Crippen LogP contribution in [0.3, 0.4) is 0 Å². The van der Waals surface area contributed by atoms with E-state index >= 15 is 0 Å². The van der Waals surface area contributed by atoms with Gasteiger partial charge in [0.25, 0.3) is 0 Å². The molecule has 1 aliphatic heterocycles. The molecule has 1 aromatic heterocycles. The number of hydrogen-bond donors (Lipinski definition) is 1. The molecular weight excluding hydrogens is 352 g/mol. The molecule has 0 saturated carbocycles. The molecule has 144 valence electrons. The van der Waals surface area contributed by atoms with E-state index in [9.17, 15) is 9.59 Å². The Labute approximate surface area is 163 Å². The van der Waals surface area contributed by atoms with Crippen molar-refractivity contribution in [3.05, 3.63) is 76.1 Å². The molecule has 0 spiro atoms. The van der Waals surface area contributed by atoms with Gasteiger partial charge in [0.15, 0.2) is 0 Å². The number of nitrogens with zero attached hydrogens (tertiary/aromatic N) is 3. The fraction of sp³-hybridized carbons (Fsp3) is 0.318. The summed E-state index contributed by atoms with van der Waals surface area (Å²) in [7, 11) is 0. The average Bonchev–Trinajstić information content (AvgIpc) is 2.74. The van der Waals surface area contributed by atoms with Gasteiger partial charge in [0, 0.05) is 31.1 Å². The SMILES string of the molecule is CC(CNC(=O)Cn1ncc(=O)c2ccccc21)N1CCc2ccccc2C1. The van der Waals surface area contributed by atoms with E-state index in [1.807, 2.05) is 18.2 Å². The summed E-state index contributed by atoms with van der Waals surface area (Å²) in [5.41, 5.74) is 3.33. The lowest BCUT2D eigenvalue weighted by Gasteiger charge is -2.33. The zero-order valence-corrected chi connectivity index (χ0v) is 16.0. The molecule has 0 aliphatic carbocycles. The second kappa shape index (κ2) is 7.94. The van der Waals surface area contributed by atoms with Gasteiger partial charge in [-0.05, 0) is 36.6 Å². The van der Waals surface area contributed by atoms with Crippen molar-refractivity contribution in [2.45, 2.75) is 32.5 Å². The van der Waals surface area contributed by atoms with Crippen molar-refractivity contribution in [2.75, 3.05) is 13.1 Å². The second-order valence-electron chi connectivity index (χ2n) is 7.33. The van der Waals surface area contributed by atoms with E-state index in [4.69, 9.17) is 0 Å². The van der Waals surface area contributed by atoms with Crippen molar-refractivity contribution < 1.29 is 4.79 Å². The Kier molecular flexibility index (Phi) is 5.21. The van der Waals surface area contributed by atoms with E-state index in [2.05, 4.69) is 46.5 Å². The van der Waals surface area contributed by atoms with Crippen LogP contribution in [-0.4, -0.2) is 39.7 Å². The second-order valence-corrected chi connectivity index (χ2v) is 7.33. The van der Waals surface area contributed by atoms with E-state index in [1.165, 1.54) is 17.3 Å². The summed E-state index contributed by atoms with van der Waals surface area (Å²) >= 11 is 0. The van der Waals surface area contributed by atoms with Gasteiger partial charge in [-0.25, -0.2) is 0 Å². The molecule has 2 heterocycles. The van der Waals surface area contributed by atoms with Gasteiger partial charge in [-0.15, -0.1) is 0 Å². The van der Waals surface area contributed by atoms with Crippen LogP contribution in [0.1, 0.15) is 18.1 Å². The molecule has 28 heavy (non-hydrogen) atoms. The van der Waals surface area contributed by atoms with Crippen molar-refractivity contribution in [3.63, 3.8) is 0 Å². The van der Waals surface area contributed by atoms with Gasteiger partial charge >= 0.3 is 0 Å². The first-order valence-electron chi connectivity index (χ1n) is 9.64. The molecule has 0 fully saturated rings. The molecule has 6 heteroatoms. The third kappa shape index (κ3) is 3.82. The van der Waals surface area contributed by atoms with Crippen LogP contribution in [0.15, 0.2) is 59.5 Å². The summed E-state index contributed by atoms with van der Waals surface area (Å²) in [5, 5.41) is 7.71. The third-order valence-electron chi connectivity index (χ3n) is 5.43. The molecule has 1 unspecified atom stereocenters. The third-order valence-corrected chi connectivity index (χ3v) is 5.43. The maximum Gasteiger partial charge on any atom is 0.241 e. The highest BCUT2D eigenvalue weighted by Crippen LogP contribution is 2.19. The van der Waals surface area contributed by atoms with Crippen molar-refractivity contribution in [2.24, 2.45) is 0 Å². The lowest BCUT2D eigenvalue weighted by molar-refractivity contribution is -0.122. The number of carbonyl (C=O) groups excluding carboxylic acids is 1. The van der Waals surface area contributed by atoms with E-state index in [0.717, 1.165) is 19.5 Å². The fourth-order valence-corrected chi connectivity index (χ4v) is 3.76. The Morgan fingerprint density at radius 3 is 2.75 bits per heavy atom. The quantitative estimate of drug-likeness (QED) is 0.739. The Morgan fingerprint density at radius 2 is 1.89 bits per heavy atom. The minimum atomic E-state index is -0.133. The molecule has 6 nitrogen and oxygen atoms in total. The molecule has 1 N–H and O–H groups in total. The van der Waals surface area contributed by atoms with E-state index < -0.39 is 0 Å². The predicted octanol–water partition coefficient (Wildman–Crippen LogP) is 1.96. The topological polar surface area (TPSA) is 67.2 Å². The van der Waals surface area contributed by atoms with Gasteiger partial charge in [-0.3, -0.25) is 19.2 Å². The number of rotatable bonds is 5. The first-order chi connectivity index (χ1) is 13.6. The Morgan fingerprint density at radius 1 is 1.14 bits per heavy atom. The number of aromatic nitrogens is 2. The molecule has 1 atom stereocenters. The maximum absolute atomic E-state index is 12.5. The van der Waals surface area contributed by atoms with Crippen LogP contribution in [0.4, 0.5) is 0 Å². The Balaban J connectivity index is 1.36. The van der Waals surface area contributed by atoms with Crippen LogP contribution in [0.25, 0.3) is 10.9 Å². The molecule has 1 amide bonds.